The van der Waals surface area contributed by atoms with Gasteiger partial charge in [-0.25, -0.2) is 9.97 Å². The summed E-state index contributed by atoms with van der Waals surface area (Å²) in [6.07, 6.45) is 6.38. The van der Waals surface area contributed by atoms with Crippen molar-refractivity contribution < 1.29 is 0 Å². The molecule has 0 atom stereocenters. The maximum atomic E-state index is 5.64. The molecule has 2 rings (SSSR count). The first-order chi connectivity index (χ1) is 6.34. The lowest BCUT2D eigenvalue weighted by molar-refractivity contribution is 1.17. The van der Waals surface area contributed by atoms with Gasteiger partial charge in [0.1, 0.15) is 5.15 Å². The van der Waals surface area contributed by atoms with Crippen LogP contribution < -0.4 is 5.32 Å². The zero-order valence-electron chi connectivity index (χ0n) is 6.53. The fourth-order valence-electron chi connectivity index (χ4n) is 0.857. The van der Waals surface area contributed by atoms with Crippen molar-refractivity contribution in [3.8, 4) is 0 Å². The van der Waals surface area contributed by atoms with Crippen molar-refractivity contribution in [3.63, 3.8) is 0 Å². The van der Waals surface area contributed by atoms with E-state index in [2.05, 4.69) is 25.3 Å². The number of halogens is 1. The van der Waals surface area contributed by atoms with Gasteiger partial charge in [-0.2, -0.15) is 0 Å². The summed E-state index contributed by atoms with van der Waals surface area (Å²) in [6, 6.07) is 0. The third-order valence-electron chi connectivity index (χ3n) is 1.35. The Morgan fingerprint density at radius 2 is 2.31 bits per heavy atom. The molecule has 0 saturated carbocycles. The number of hydrogen-bond acceptors (Lipinski definition) is 4. The zero-order chi connectivity index (χ0) is 9.10. The second kappa shape index (κ2) is 3.40. The molecule has 5 nitrogen and oxygen atoms in total. The van der Waals surface area contributed by atoms with Crippen LogP contribution in [0.1, 0.15) is 0 Å². The average Bonchev–Trinajstić information content (AvgIpc) is 2.57. The highest BCUT2D eigenvalue weighted by molar-refractivity contribution is 6.29. The van der Waals surface area contributed by atoms with Crippen LogP contribution in [-0.2, 0) is 0 Å². The number of nitrogens with one attached hydrogen (secondary N) is 2. The van der Waals surface area contributed by atoms with Gasteiger partial charge in [0.25, 0.3) is 0 Å². The van der Waals surface area contributed by atoms with Gasteiger partial charge < -0.3 is 10.3 Å². The van der Waals surface area contributed by atoms with Crippen LogP contribution in [0.15, 0.2) is 24.8 Å². The van der Waals surface area contributed by atoms with Crippen LogP contribution in [0.4, 0.5) is 11.8 Å². The van der Waals surface area contributed by atoms with Crippen molar-refractivity contribution in [2.45, 2.75) is 0 Å². The van der Waals surface area contributed by atoms with E-state index >= 15 is 0 Å². The molecule has 0 amide bonds. The molecule has 66 valence electrons. The minimum Gasteiger partial charge on any atom is -0.331 e. The number of rotatable bonds is 2. The molecule has 0 bridgehead atoms. The number of aromatic nitrogens is 4. The van der Waals surface area contributed by atoms with Crippen LogP contribution in [0.3, 0.4) is 0 Å². The lowest BCUT2D eigenvalue weighted by atomic mass is 10.6. The van der Waals surface area contributed by atoms with E-state index in [1.54, 1.807) is 18.6 Å². The van der Waals surface area contributed by atoms with Gasteiger partial charge in [0.2, 0.25) is 5.95 Å². The first kappa shape index (κ1) is 8.00. The van der Waals surface area contributed by atoms with E-state index in [4.69, 9.17) is 11.6 Å². The van der Waals surface area contributed by atoms with Crippen LogP contribution >= 0.6 is 11.6 Å². The number of H-pyrrole nitrogens is 1. The zero-order valence-corrected chi connectivity index (χ0v) is 7.28. The fraction of sp³-hybridized carbons (Fsp3) is 0. The summed E-state index contributed by atoms with van der Waals surface area (Å²) in [5, 5.41) is 3.24. The second-order valence-corrected chi connectivity index (χ2v) is 2.68. The van der Waals surface area contributed by atoms with E-state index in [1.165, 1.54) is 6.20 Å². The van der Waals surface area contributed by atoms with Crippen LogP contribution in [0.2, 0.25) is 5.15 Å². The van der Waals surface area contributed by atoms with Gasteiger partial charge in [-0.1, -0.05) is 11.6 Å². The molecule has 0 radical (unpaired) electrons. The van der Waals surface area contributed by atoms with Gasteiger partial charge in [-0.3, -0.25) is 4.98 Å². The van der Waals surface area contributed by atoms with Crippen LogP contribution in [0, 0.1) is 0 Å². The van der Waals surface area contributed by atoms with Crippen LogP contribution in [-0.4, -0.2) is 19.9 Å². The third kappa shape index (κ3) is 1.94. The molecule has 0 spiro atoms. The van der Waals surface area contributed by atoms with Gasteiger partial charge in [0.15, 0.2) is 5.82 Å². The Morgan fingerprint density at radius 1 is 1.38 bits per heavy atom. The van der Waals surface area contributed by atoms with Gasteiger partial charge in [-0.05, 0) is 0 Å². The van der Waals surface area contributed by atoms with Crippen molar-refractivity contribution in [1.29, 1.82) is 0 Å². The maximum absolute atomic E-state index is 5.64. The van der Waals surface area contributed by atoms with E-state index in [1.807, 2.05) is 0 Å². The van der Waals surface area contributed by atoms with Crippen molar-refractivity contribution in [3.05, 3.63) is 29.9 Å². The summed E-state index contributed by atoms with van der Waals surface area (Å²) in [6.45, 7) is 0. The summed E-state index contributed by atoms with van der Waals surface area (Å²) >= 11 is 5.64. The minimum absolute atomic E-state index is 0.344. The molecule has 2 aromatic rings. The number of nitrogens with zero attached hydrogens (tertiary/aromatic N) is 3. The van der Waals surface area contributed by atoms with E-state index in [-0.39, 0.29) is 0 Å². The molecular formula is C7H6ClN5. The highest BCUT2D eigenvalue weighted by atomic mass is 35.5. The minimum atomic E-state index is 0.344. The van der Waals surface area contributed by atoms with Crippen LogP contribution in [0.5, 0.6) is 0 Å². The molecule has 2 heterocycles. The van der Waals surface area contributed by atoms with Crippen molar-refractivity contribution in [2.75, 3.05) is 5.32 Å². The number of hydrogen-bond donors (Lipinski definition) is 2. The number of imidazole rings is 1. The molecule has 0 aliphatic rings. The SMILES string of the molecule is Clc1cncc(Nc2ncc[nH]2)n1. The van der Waals surface area contributed by atoms with E-state index in [0.29, 0.717) is 16.9 Å². The third-order valence-corrected chi connectivity index (χ3v) is 1.53. The molecule has 0 aliphatic heterocycles. The maximum Gasteiger partial charge on any atom is 0.205 e. The van der Waals surface area contributed by atoms with Gasteiger partial charge in [0, 0.05) is 12.4 Å². The smallest absolute Gasteiger partial charge is 0.205 e. The fourth-order valence-corrected chi connectivity index (χ4v) is 1.00. The number of aromatic amines is 1. The molecule has 2 aromatic heterocycles. The van der Waals surface area contributed by atoms with E-state index < -0.39 is 0 Å². The molecular weight excluding hydrogens is 190 g/mol. The topological polar surface area (TPSA) is 66.5 Å². The first-order valence-electron chi connectivity index (χ1n) is 3.58. The van der Waals surface area contributed by atoms with Crippen LogP contribution in [0.25, 0.3) is 0 Å². The quantitative estimate of drug-likeness (QED) is 0.764. The molecule has 0 saturated heterocycles. The molecule has 0 unspecified atom stereocenters. The highest BCUT2D eigenvalue weighted by Gasteiger charge is 1.97. The standard InChI is InChI=1S/C7H6ClN5/c8-5-3-9-4-6(12-5)13-7-10-1-2-11-7/h1-4H,(H2,10,11,12,13). The highest BCUT2D eigenvalue weighted by Crippen LogP contribution is 2.10. The summed E-state index contributed by atoms with van der Waals surface area (Å²) in [5.74, 6) is 1.17. The normalized spacial score (nSPS) is 9.92. The predicted molar refractivity (Wildman–Crippen MR) is 48.9 cm³/mol. The molecule has 0 aromatic carbocycles. The molecule has 2 N–H and O–H groups in total. The molecule has 0 fully saturated rings. The lowest BCUT2D eigenvalue weighted by Crippen LogP contribution is -1.95. The summed E-state index contributed by atoms with van der Waals surface area (Å²) in [4.78, 5) is 14.7. The second-order valence-electron chi connectivity index (χ2n) is 2.29. The Kier molecular flexibility index (Phi) is 2.09. The van der Waals surface area contributed by atoms with Crippen molar-refractivity contribution in [1.82, 2.24) is 19.9 Å². The Balaban J connectivity index is 2.19. The molecule has 0 aliphatic carbocycles. The Hall–Kier alpha value is -1.62. The van der Waals surface area contributed by atoms with Crippen molar-refractivity contribution >= 4 is 23.4 Å². The van der Waals surface area contributed by atoms with Crippen molar-refractivity contribution in [2.24, 2.45) is 0 Å². The summed E-state index contributed by atoms with van der Waals surface area (Å²) in [7, 11) is 0. The largest absolute Gasteiger partial charge is 0.331 e. The number of anilines is 2. The van der Waals surface area contributed by atoms with Gasteiger partial charge >= 0.3 is 0 Å². The Labute approximate surface area is 79.2 Å². The predicted octanol–water partition coefficient (Wildman–Crippen LogP) is 1.60. The lowest BCUT2D eigenvalue weighted by Gasteiger charge is -1.99. The Bertz CT molecular complexity index is 386. The van der Waals surface area contributed by atoms with E-state index in [0.717, 1.165) is 0 Å². The molecule has 6 heteroatoms. The molecule has 13 heavy (non-hydrogen) atoms. The van der Waals surface area contributed by atoms with Gasteiger partial charge in [0.05, 0.1) is 12.4 Å². The van der Waals surface area contributed by atoms with Gasteiger partial charge in [-0.15, -0.1) is 0 Å². The Morgan fingerprint density at radius 3 is 3.00 bits per heavy atom. The first-order valence-corrected chi connectivity index (χ1v) is 3.96. The van der Waals surface area contributed by atoms with E-state index in [9.17, 15) is 0 Å². The summed E-state index contributed by atoms with van der Waals surface area (Å²) in [5.41, 5.74) is 0. The summed E-state index contributed by atoms with van der Waals surface area (Å²) < 4.78 is 0. The average molecular weight is 196 g/mol. The monoisotopic (exact) mass is 195 g/mol.